The van der Waals surface area contributed by atoms with Gasteiger partial charge in [0.2, 0.25) is 16.9 Å². The summed E-state index contributed by atoms with van der Waals surface area (Å²) in [7, 11) is 0.965. The van der Waals surface area contributed by atoms with Gasteiger partial charge in [-0.25, -0.2) is 4.79 Å². The molecule has 1 unspecified atom stereocenters. The Morgan fingerprint density at radius 3 is 1.89 bits per heavy atom. The lowest BCUT2D eigenvalue weighted by Crippen LogP contribution is -2.45. The van der Waals surface area contributed by atoms with E-state index in [0.717, 1.165) is 20.1 Å². The molecular formula is C22H18F6N2O6S. The summed E-state index contributed by atoms with van der Waals surface area (Å²) < 4.78 is 88.4. The summed E-state index contributed by atoms with van der Waals surface area (Å²) in [5.74, 6) is -4.84. The second-order valence-corrected chi connectivity index (χ2v) is 8.26. The minimum absolute atomic E-state index is 0.363. The van der Waals surface area contributed by atoms with Crippen LogP contribution in [0.15, 0.2) is 36.4 Å². The van der Waals surface area contributed by atoms with Crippen LogP contribution in [0.4, 0.5) is 26.3 Å². The number of alkyl halides is 6. The molecular weight excluding hydrogens is 534 g/mol. The quantitative estimate of drug-likeness (QED) is 0.290. The molecule has 2 aromatic rings. The summed E-state index contributed by atoms with van der Waals surface area (Å²) in [6.45, 7) is 1.09. The second kappa shape index (κ2) is 11.5. The number of amides is 2. The number of hydrogen-bond donors (Lipinski definition) is 2. The first kappa shape index (κ1) is 29.5. The molecule has 0 aromatic heterocycles. The molecule has 1 atom stereocenters. The molecule has 0 radical (unpaired) electrons. The van der Waals surface area contributed by atoms with Gasteiger partial charge in [0.1, 0.15) is 23.1 Å². The number of nitrogens with one attached hydrogen (secondary N) is 1. The van der Waals surface area contributed by atoms with Crippen molar-refractivity contribution in [2.45, 2.75) is 25.3 Å². The Labute approximate surface area is 209 Å². The minimum atomic E-state index is -4.90. The van der Waals surface area contributed by atoms with Crippen LogP contribution in [0.5, 0.6) is 11.5 Å². The summed E-state index contributed by atoms with van der Waals surface area (Å²) >= 11 is 0.394. The van der Waals surface area contributed by atoms with E-state index < -0.39 is 80.8 Å². The maximum atomic E-state index is 13.3. The third-order valence-electron chi connectivity index (χ3n) is 4.58. The number of nitrogens with two attached hydrogens (primary N) is 1. The van der Waals surface area contributed by atoms with Crippen LogP contribution < -0.4 is 20.5 Å². The van der Waals surface area contributed by atoms with Gasteiger partial charge in [-0.15, -0.1) is 0 Å². The van der Waals surface area contributed by atoms with Crippen LogP contribution in [0.1, 0.15) is 38.8 Å². The van der Waals surface area contributed by atoms with Gasteiger partial charge in [0.25, 0.3) is 0 Å². The van der Waals surface area contributed by atoms with Gasteiger partial charge in [0.15, 0.2) is 0 Å². The summed E-state index contributed by atoms with van der Waals surface area (Å²) in [5.41, 5.74) is 1.62. The van der Waals surface area contributed by atoms with Crippen LogP contribution >= 0.6 is 11.8 Å². The molecule has 2 aromatic carbocycles. The van der Waals surface area contributed by atoms with Gasteiger partial charge in [-0.3, -0.25) is 14.4 Å². The van der Waals surface area contributed by atoms with Crippen molar-refractivity contribution >= 4 is 34.7 Å². The summed E-state index contributed by atoms with van der Waals surface area (Å²) in [6.07, 6.45) is -9.67. The Morgan fingerprint density at radius 2 is 1.43 bits per heavy atom. The molecule has 8 nitrogen and oxygen atoms in total. The topological polar surface area (TPSA) is 125 Å². The van der Waals surface area contributed by atoms with E-state index in [1.165, 1.54) is 0 Å². The van der Waals surface area contributed by atoms with Crippen molar-refractivity contribution in [2.24, 2.45) is 5.73 Å². The van der Waals surface area contributed by atoms with Crippen LogP contribution in [0, 0.1) is 0 Å². The first-order valence-electron chi connectivity index (χ1n) is 9.96. The number of carbonyl (C=O) groups excluding carboxylic acids is 4. The largest absolute Gasteiger partial charge is 0.496 e. The number of benzene rings is 2. The van der Waals surface area contributed by atoms with Crippen LogP contribution in [0.2, 0.25) is 0 Å². The fourth-order valence-corrected chi connectivity index (χ4v) is 3.71. The number of ether oxygens (including phenoxy) is 2. The molecule has 0 spiro atoms. The fraction of sp³-hybridized carbons (Fsp3) is 0.273. The molecule has 0 aliphatic rings. The van der Waals surface area contributed by atoms with Gasteiger partial charge < -0.3 is 20.5 Å². The van der Waals surface area contributed by atoms with E-state index >= 15 is 0 Å². The number of rotatable bonds is 8. The SMILES string of the molecule is COc1cc(C(F)(F)F)ccc1C(=O)Oc1cc(C(F)(F)F)ccc1C(=O)SCC(NC(C)=O)C(N)=O. The van der Waals surface area contributed by atoms with Crippen molar-refractivity contribution in [3.05, 3.63) is 58.7 Å². The zero-order valence-corrected chi connectivity index (χ0v) is 19.8. The highest BCUT2D eigenvalue weighted by molar-refractivity contribution is 8.14. The molecule has 0 aliphatic carbocycles. The van der Waals surface area contributed by atoms with E-state index in [9.17, 15) is 45.5 Å². The normalized spacial score (nSPS) is 12.4. The van der Waals surface area contributed by atoms with E-state index in [-0.39, 0.29) is 0 Å². The number of hydrogen-bond acceptors (Lipinski definition) is 7. The van der Waals surface area contributed by atoms with Gasteiger partial charge in [-0.2, -0.15) is 26.3 Å². The second-order valence-electron chi connectivity index (χ2n) is 7.26. The van der Waals surface area contributed by atoms with Gasteiger partial charge >= 0.3 is 18.3 Å². The zero-order chi connectivity index (χ0) is 28.1. The van der Waals surface area contributed by atoms with Crippen molar-refractivity contribution < 1.29 is 55.0 Å². The summed E-state index contributed by atoms with van der Waals surface area (Å²) in [6, 6.07) is 2.09. The monoisotopic (exact) mass is 552 g/mol. The van der Waals surface area contributed by atoms with Gasteiger partial charge in [-0.1, -0.05) is 11.8 Å². The van der Waals surface area contributed by atoms with Crippen molar-refractivity contribution in [1.82, 2.24) is 5.32 Å². The lowest BCUT2D eigenvalue weighted by atomic mass is 10.1. The third kappa shape index (κ3) is 7.87. The predicted molar refractivity (Wildman–Crippen MR) is 118 cm³/mol. The Morgan fingerprint density at radius 1 is 0.919 bits per heavy atom. The third-order valence-corrected chi connectivity index (χ3v) is 5.56. The standard InChI is InChI=1S/C22H18F6N2O6S/c1-10(31)30-15(18(29)32)9-37-20(34)14-6-4-12(22(26,27)28)8-17(14)36-19(33)13-5-3-11(21(23,24)25)7-16(13)35-2/h3-8,15H,9H2,1-2H3,(H2,29,32)(H,30,31). The fourth-order valence-electron chi connectivity index (χ4n) is 2.82. The van der Waals surface area contributed by atoms with Crippen LogP contribution in [-0.2, 0) is 21.9 Å². The van der Waals surface area contributed by atoms with Crippen LogP contribution in [0.25, 0.3) is 0 Å². The average Bonchev–Trinajstić information content (AvgIpc) is 2.79. The first-order chi connectivity index (χ1) is 17.0. The molecule has 0 bridgehead atoms. The molecule has 37 heavy (non-hydrogen) atoms. The number of thioether (sulfide) groups is 1. The lowest BCUT2D eigenvalue weighted by molar-refractivity contribution is -0.138. The number of carbonyl (C=O) groups is 4. The molecule has 0 saturated heterocycles. The maximum Gasteiger partial charge on any atom is 0.416 e. The lowest BCUT2D eigenvalue weighted by Gasteiger charge is -2.16. The van der Waals surface area contributed by atoms with E-state index in [0.29, 0.717) is 42.1 Å². The Bertz CT molecular complexity index is 1220. The number of halogens is 6. The number of esters is 1. The van der Waals surface area contributed by atoms with E-state index in [1.54, 1.807) is 0 Å². The smallest absolute Gasteiger partial charge is 0.416 e. The average molecular weight is 552 g/mol. The highest BCUT2D eigenvalue weighted by Crippen LogP contribution is 2.36. The molecule has 0 heterocycles. The Kier molecular flexibility index (Phi) is 9.19. The highest BCUT2D eigenvalue weighted by atomic mass is 32.2. The molecule has 2 amide bonds. The minimum Gasteiger partial charge on any atom is -0.496 e. The van der Waals surface area contributed by atoms with Crippen LogP contribution in [-0.4, -0.2) is 41.8 Å². The number of primary amides is 1. The van der Waals surface area contributed by atoms with Crippen molar-refractivity contribution in [3.63, 3.8) is 0 Å². The number of methoxy groups -OCH3 is 1. The van der Waals surface area contributed by atoms with Crippen LogP contribution in [0.3, 0.4) is 0 Å². The van der Waals surface area contributed by atoms with Crippen molar-refractivity contribution in [3.8, 4) is 11.5 Å². The Balaban J connectivity index is 2.42. The molecule has 200 valence electrons. The van der Waals surface area contributed by atoms with E-state index in [4.69, 9.17) is 15.2 Å². The molecule has 2 rings (SSSR count). The summed E-state index contributed by atoms with van der Waals surface area (Å²) in [5, 5.41) is 1.25. The highest BCUT2D eigenvalue weighted by Gasteiger charge is 2.34. The molecule has 15 heteroatoms. The van der Waals surface area contributed by atoms with E-state index in [1.807, 2.05) is 0 Å². The first-order valence-corrected chi connectivity index (χ1v) is 10.9. The van der Waals surface area contributed by atoms with Gasteiger partial charge in [-0.05, 0) is 36.4 Å². The van der Waals surface area contributed by atoms with Crippen molar-refractivity contribution in [2.75, 3.05) is 12.9 Å². The maximum absolute atomic E-state index is 13.3. The molecule has 0 saturated carbocycles. The van der Waals surface area contributed by atoms with Gasteiger partial charge in [0.05, 0.1) is 23.8 Å². The molecule has 3 N–H and O–H groups in total. The zero-order valence-electron chi connectivity index (χ0n) is 19.0. The van der Waals surface area contributed by atoms with Crippen molar-refractivity contribution in [1.29, 1.82) is 0 Å². The molecule has 0 fully saturated rings. The van der Waals surface area contributed by atoms with Gasteiger partial charge in [0, 0.05) is 12.7 Å². The summed E-state index contributed by atoms with van der Waals surface area (Å²) in [4.78, 5) is 48.0. The van der Waals surface area contributed by atoms with E-state index in [2.05, 4.69) is 5.32 Å². The Hall–Kier alpha value is -3.75. The predicted octanol–water partition coefficient (Wildman–Crippen LogP) is 3.82. The molecule has 0 aliphatic heterocycles.